The second-order valence-corrected chi connectivity index (χ2v) is 11.8. The van der Waals surface area contributed by atoms with Crippen molar-refractivity contribution in [3.8, 4) is 5.75 Å². The molecular weight excluding hydrogens is 525 g/mol. The molecule has 0 unspecified atom stereocenters. The van der Waals surface area contributed by atoms with Gasteiger partial charge in [0.15, 0.2) is 0 Å². The van der Waals surface area contributed by atoms with Crippen molar-refractivity contribution in [1.82, 2.24) is 4.98 Å². The predicted molar refractivity (Wildman–Crippen MR) is 150 cm³/mol. The van der Waals surface area contributed by atoms with Gasteiger partial charge in [0.2, 0.25) is 0 Å². The van der Waals surface area contributed by atoms with Crippen LogP contribution < -0.4 is 10.1 Å². The van der Waals surface area contributed by atoms with Crippen molar-refractivity contribution in [1.29, 1.82) is 0 Å². The van der Waals surface area contributed by atoms with E-state index in [0.717, 1.165) is 84.5 Å². The van der Waals surface area contributed by atoms with E-state index in [1.165, 1.54) is 6.07 Å². The molecule has 0 saturated heterocycles. The fourth-order valence-corrected chi connectivity index (χ4v) is 5.59. The number of ether oxygens (including phenoxy) is 2. The lowest BCUT2D eigenvalue weighted by Gasteiger charge is -2.25. The molecule has 2 aromatic carbocycles. The molecule has 0 aliphatic carbocycles. The Morgan fingerprint density at radius 1 is 1.08 bits per heavy atom. The number of nitrogens with one attached hydrogen (secondary N) is 1. The summed E-state index contributed by atoms with van der Waals surface area (Å²) in [6, 6.07) is 9.34. The van der Waals surface area contributed by atoms with Gasteiger partial charge in [0.25, 0.3) is 0 Å². The summed E-state index contributed by atoms with van der Waals surface area (Å²) in [7, 11) is 0. The zero-order valence-electron chi connectivity index (χ0n) is 22.6. The molecule has 5 nitrogen and oxygen atoms in total. The van der Waals surface area contributed by atoms with Crippen LogP contribution in [0.5, 0.6) is 5.75 Å². The minimum Gasteiger partial charge on any atom is -0.492 e. The van der Waals surface area contributed by atoms with Crippen LogP contribution in [0.15, 0.2) is 47.5 Å². The maximum atomic E-state index is 13.0. The molecule has 0 spiro atoms. The Morgan fingerprint density at radius 3 is 2.64 bits per heavy atom. The molecule has 39 heavy (non-hydrogen) atoms. The third-order valence-electron chi connectivity index (χ3n) is 6.37. The maximum absolute atomic E-state index is 13.0. The largest absolute Gasteiger partial charge is 0.492 e. The maximum Gasteiger partial charge on any atom is 0.416 e. The summed E-state index contributed by atoms with van der Waals surface area (Å²) in [4.78, 5) is 17.7. The first-order chi connectivity index (χ1) is 18.5. The summed E-state index contributed by atoms with van der Waals surface area (Å²) in [5.74, 6) is 1.16. The van der Waals surface area contributed by atoms with Crippen LogP contribution in [-0.4, -0.2) is 35.5 Å². The fraction of sp³-hybridized carbons (Fsp3) is 0.467. The van der Waals surface area contributed by atoms with Gasteiger partial charge in [-0.2, -0.15) is 13.2 Å². The van der Waals surface area contributed by atoms with Crippen molar-refractivity contribution in [3.05, 3.63) is 59.3 Å². The molecule has 0 fully saturated rings. The summed E-state index contributed by atoms with van der Waals surface area (Å²) in [5.41, 5.74) is 1.64. The van der Waals surface area contributed by atoms with E-state index in [1.807, 2.05) is 32.9 Å². The van der Waals surface area contributed by atoms with Crippen LogP contribution in [0.3, 0.4) is 0 Å². The Bertz CT molecular complexity index is 1310. The first kappa shape index (κ1) is 29.1. The average molecular weight is 561 g/mol. The molecule has 0 saturated carbocycles. The molecule has 0 amide bonds. The minimum absolute atomic E-state index is 0.365. The second kappa shape index (κ2) is 12.5. The number of thioether (sulfide) groups is 1. The van der Waals surface area contributed by atoms with E-state index in [2.05, 4.69) is 10.3 Å². The van der Waals surface area contributed by atoms with Gasteiger partial charge in [-0.25, -0.2) is 4.79 Å². The highest BCUT2D eigenvalue weighted by molar-refractivity contribution is 7.99. The molecule has 0 atom stereocenters. The highest BCUT2D eigenvalue weighted by Gasteiger charge is 2.30. The van der Waals surface area contributed by atoms with Crippen molar-refractivity contribution < 1.29 is 27.4 Å². The molecule has 1 aromatic heterocycles. The zero-order chi connectivity index (χ0) is 28.0. The van der Waals surface area contributed by atoms with E-state index in [4.69, 9.17) is 9.47 Å². The molecule has 210 valence electrons. The third kappa shape index (κ3) is 7.81. The van der Waals surface area contributed by atoms with E-state index in [-0.39, 0.29) is 5.97 Å². The third-order valence-corrected chi connectivity index (χ3v) is 7.53. The van der Waals surface area contributed by atoms with Gasteiger partial charge < -0.3 is 14.8 Å². The van der Waals surface area contributed by atoms with Crippen molar-refractivity contribution in [3.63, 3.8) is 0 Å². The molecule has 9 heteroatoms. The van der Waals surface area contributed by atoms with E-state index in [9.17, 15) is 18.0 Å². The van der Waals surface area contributed by atoms with Crippen LogP contribution in [0.25, 0.3) is 10.9 Å². The van der Waals surface area contributed by atoms with Crippen molar-refractivity contribution in [2.24, 2.45) is 0 Å². The standard InChI is InChI=1S/C30H35F3N2O3S/c1-29(2,3)38-28(36)23-12-13-24(22-9-8-17-37-27(22)23)34-15-6-4-5-7-18-39-26-14-16-35-25-19-20(30(31,32)33)10-11-21(25)26/h10-14,16,19,34H,4-9,15,17-18H2,1-3H3. The summed E-state index contributed by atoms with van der Waals surface area (Å²) < 4.78 is 50.4. The van der Waals surface area contributed by atoms with Crippen molar-refractivity contribution in [2.45, 2.75) is 76.0 Å². The van der Waals surface area contributed by atoms with E-state index < -0.39 is 17.3 Å². The fourth-order valence-electron chi connectivity index (χ4n) is 4.53. The number of hydrogen-bond donors (Lipinski definition) is 1. The van der Waals surface area contributed by atoms with Crippen LogP contribution in [0.1, 0.15) is 74.4 Å². The zero-order valence-corrected chi connectivity index (χ0v) is 23.4. The van der Waals surface area contributed by atoms with Gasteiger partial charge in [0.1, 0.15) is 16.9 Å². The molecule has 3 aromatic rings. The van der Waals surface area contributed by atoms with E-state index in [0.29, 0.717) is 23.4 Å². The van der Waals surface area contributed by atoms with Gasteiger partial charge in [-0.15, -0.1) is 11.8 Å². The lowest BCUT2D eigenvalue weighted by Crippen LogP contribution is -2.25. The summed E-state index contributed by atoms with van der Waals surface area (Å²) in [6.07, 6.45) is 3.11. The first-order valence-corrected chi connectivity index (χ1v) is 14.4. The first-order valence-electron chi connectivity index (χ1n) is 13.4. The number of carbonyl (C=O) groups excluding carboxylic acids is 1. The van der Waals surface area contributed by atoms with Crippen LogP contribution in [-0.2, 0) is 17.3 Å². The molecule has 1 N–H and O–H groups in total. The van der Waals surface area contributed by atoms with Crippen molar-refractivity contribution in [2.75, 3.05) is 24.2 Å². The van der Waals surface area contributed by atoms with Gasteiger partial charge in [-0.05, 0) is 82.5 Å². The highest BCUT2D eigenvalue weighted by Crippen LogP contribution is 2.36. The predicted octanol–water partition coefficient (Wildman–Crippen LogP) is 8.30. The van der Waals surface area contributed by atoms with Crippen LogP contribution in [0.4, 0.5) is 18.9 Å². The van der Waals surface area contributed by atoms with Gasteiger partial charge in [0, 0.05) is 34.3 Å². The van der Waals surface area contributed by atoms with Gasteiger partial charge in [-0.3, -0.25) is 4.98 Å². The second-order valence-electron chi connectivity index (χ2n) is 10.7. The van der Waals surface area contributed by atoms with Gasteiger partial charge in [0.05, 0.1) is 17.7 Å². The quantitative estimate of drug-likeness (QED) is 0.153. The highest BCUT2D eigenvalue weighted by atomic mass is 32.2. The smallest absolute Gasteiger partial charge is 0.416 e. The van der Waals surface area contributed by atoms with Gasteiger partial charge >= 0.3 is 12.1 Å². The Kier molecular flexibility index (Phi) is 9.31. The summed E-state index contributed by atoms with van der Waals surface area (Å²) >= 11 is 1.66. The molecule has 4 rings (SSSR count). The number of halogens is 3. The number of unbranched alkanes of at least 4 members (excludes halogenated alkanes) is 3. The number of anilines is 1. The Labute approximate surface area is 231 Å². The average Bonchev–Trinajstić information content (AvgIpc) is 2.88. The number of hydrogen-bond acceptors (Lipinski definition) is 6. The molecule has 1 aliphatic rings. The molecule has 1 aliphatic heterocycles. The minimum atomic E-state index is -4.37. The summed E-state index contributed by atoms with van der Waals surface area (Å²) in [5, 5.41) is 4.27. The van der Waals surface area contributed by atoms with Crippen LogP contribution >= 0.6 is 11.8 Å². The molecule has 2 heterocycles. The SMILES string of the molecule is CC(C)(C)OC(=O)c1ccc(NCCCCCCSc2ccnc3cc(C(F)(F)F)ccc23)c2c1OCCC2. The Balaban J connectivity index is 1.22. The lowest BCUT2D eigenvalue weighted by atomic mass is 9.99. The van der Waals surface area contributed by atoms with E-state index in [1.54, 1.807) is 24.0 Å². The summed E-state index contributed by atoms with van der Waals surface area (Å²) in [6.45, 7) is 6.97. The molecule has 0 bridgehead atoms. The Morgan fingerprint density at radius 2 is 1.87 bits per heavy atom. The van der Waals surface area contributed by atoms with E-state index >= 15 is 0 Å². The number of rotatable bonds is 10. The van der Waals surface area contributed by atoms with Crippen molar-refractivity contribution >= 4 is 34.3 Å². The topological polar surface area (TPSA) is 60.5 Å². The number of esters is 1. The normalized spacial score (nSPS) is 13.6. The number of carbonyl (C=O) groups is 1. The number of benzene rings is 2. The molecule has 0 radical (unpaired) electrons. The lowest BCUT2D eigenvalue weighted by molar-refractivity contribution is -0.137. The number of fused-ring (bicyclic) bond motifs is 2. The number of pyridine rings is 1. The Hall–Kier alpha value is -2.94. The monoisotopic (exact) mass is 560 g/mol. The number of nitrogens with zero attached hydrogens (tertiary/aromatic N) is 1. The molecular formula is C30H35F3N2O3S. The number of aromatic nitrogens is 1. The van der Waals surface area contributed by atoms with Crippen LogP contribution in [0.2, 0.25) is 0 Å². The van der Waals surface area contributed by atoms with Crippen LogP contribution in [0, 0.1) is 0 Å². The van der Waals surface area contributed by atoms with Gasteiger partial charge in [-0.1, -0.05) is 18.9 Å². The number of alkyl halides is 3.